The van der Waals surface area contributed by atoms with Gasteiger partial charge in [-0.25, -0.2) is 4.39 Å². The molecule has 0 saturated carbocycles. The predicted octanol–water partition coefficient (Wildman–Crippen LogP) is 2.47. The number of hydrogen-bond acceptors (Lipinski definition) is 3. The monoisotopic (exact) mass is 387 g/mol. The van der Waals surface area contributed by atoms with Crippen molar-refractivity contribution in [1.82, 2.24) is 4.90 Å². The second kappa shape index (κ2) is 7.88. The van der Waals surface area contributed by atoms with Gasteiger partial charge in [0.15, 0.2) is 0 Å². The van der Waals surface area contributed by atoms with Crippen LogP contribution >= 0.6 is 15.9 Å². The fraction of sp³-hybridized carbons (Fsp3) is 0.500. The lowest BCUT2D eigenvalue weighted by Gasteiger charge is -2.34. The highest BCUT2D eigenvalue weighted by molar-refractivity contribution is 9.10. The standard InChI is InChI=1S/C16H19BrFNO4/c1-10(6-11-2-3-14(18)13(17)7-11)16(22)19-4-5-23-12(9-19)8-15(20)21/h2-3,7,10,12H,4-6,8-9H2,1H3,(H,20,21)/t10-,12+/m0/s1. The first kappa shape index (κ1) is 17.9. The molecule has 1 aromatic rings. The topological polar surface area (TPSA) is 66.8 Å². The van der Waals surface area contributed by atoms with Crippen LogP contribution in [-0.4, -0.2) is 47.7 Å². The van der Waals surface area contributed by atoms with E-state index in [0.29, 0.717) is 30.6 Å². The van der Waals surface area contributed by atoms with E-state index in [9.17, 15) is 14.0 Å². The Morgan fingerprint density at radius 2 is 2.26 bits per heavy atom. The van der Waals surface area contributed by atoms with Gasteiger partial charge in [0.2, 0.25) is 5.91 Å². The highest BCUT2D eigenvalue weighted by Gasteiger charge is 2.28. The smallest absolute Gasteiger partial charge is 0.306 e. The maximum atomic E-state index is 13.2. The quantitative estimate of drug-likeness (QED) is 0.842. The predicted molar refractivity (Wildman–Crippen MR) is 85.5 cm³/mol. The molecular weight excluding hydrogens is 369 g/mol. The average molecular weight is 388 g/mol. The molecule has 1 aliphatic rings. The number of morpholine rings is 1. The molecule has 0 spiro atoms. The summed E-state index contributed by atoms with van der Waals surface area (Å²) >= 11 is 3.14. The Morgan fingerprint density at radius 3 is 2.91 bits per heavy atom. The van der Waals surface area contributed by atoms with Gasteiger partial charge in [0.05, 0.1) is 23.6 Å². The number of hydrogen-bond donors (Lipinski definition) is 1. The summed E-state index contributed by atoms with van der Waals surface area (Å²) in [6.45, 7) is 2.93. The van der Waals surface area contributed by atoms with Crippen LogP contribution in [0.3, 0.4) is 0 Å². The van der Waals surface area contributed by atoms with Crippen molar-refractivity contribution < 1.29 is 23.8 Å². The van der Waals surface area contributed by atoms with E-state index in [2.05, 4.69) is 15.9 Å². The number of amides is 1. The van der Waals surface area contributed by atoms with E-state index in [-0.39, 0.29) is 24.1 Å². The normalized spacial score (nSPS) is 19.4. The summed E-state index contributed by atoms with van der Waals surface area (Å²) in [5.41, 5.74) is 0.870. The summed E-state index contributed by atoms with van der Waals surface area (Å²) in [5, 5.41) is 8.82. The molecule has 1 heterocycles. The van der Waals surface area contributed by atoms with Crippen LogP contribution in [0.4, 0.5) is 4.39 Å². The molecule has 126 valence electrons. The van der Waals surface area contributed by atoms with Crippen molar-refractivity contribution in [3.8, 4) is 0 Å². The molecule has 1 aromatic carbocycles. The lowest BCUT2D eigenvalue weighted by Crippen LogP contribution is -2.48. The number of carbonyl (C=O) groups is 2. The minimum absolute atomic E-state index is 0.0378. The van der Waals surface area contributed by atoms with Gasteiger partial charge in [0.25, 0.3) is 0 Å². The van der Waals surface area contributed by atoms with E-state index in [1.807, 2.05) is 6.92 Å². The average Bonchev–Trinajstić information content (AvgIpc) is 2.49. The third-order valence-corrected chi connectivity index (χ3v) is 4.41. The van der Waals surface area contributed by atoms with E-state index in [4.69, 9.17) is 9.84 Å². The third-order valence-electron chi connectivity index (χ3n) is 3.80. The molecule has 2 atom stereocenters. The van der Waals surface area contributed by atoms with Gasteiger partial charge in [-0.15, -0.1) is 0 Å². The second-order valence-corrected chi connectivity index (χ2v) is 6.58. The van der Waals surface area contributed by atoms with Crippen molar-refractivity contribution in [1.29, 1.82) is 0 Å². The lowest BCUT2D eigenvalue weighted by molar-refractivity contribution is -0.149. The van der Waals surface area contributed by atoms with Gasteiger partial charge in [0.1, 0.15) is 5.82 Å². The molecule has 0 radical (unpaired) electrons. The number of rotatable bonds is 5. The molecule has 0 unspecified atom stereocenters. The van der Waals surface area contributed by atoms with Crippen LogP contribution in [0.25, 0.3) is 0 Å². The van der Waals surface area contributed by atoms with Gasteiger partial charge in [-0.1, -0.05) is 13.0 Å². The summed E-state index contributed by atoms with van der Waals surface area (Å²) < 4.78 is 19.0. The van der Waals surface area contributed by atoms with Crippen LogP contribution in [-0.2, 0) is 20.7 Å². The first-order chi connectivity index (χ1) is 10.9. The summed E-state index contributed by atoms with van der Waals surface area (Å²) in [6, 6.07) is 4.70. The van der Waals surface area contributed by atoms with Crippen LogP contribution < -0.4 is 0 Å². The van der Waals surface area contributed by atoms with E-state index in [0.717, 1.165) is 5.56 Å². The Balaban J connectivity index is 1.95. The molecule has 0 aliphatic carbocycles. The van der Waals surface area contributed by atoms with Gasteiger partial charge < -0.3 is 14.7 Å². The molecule has 1 fully saturated rings. The number of carbonyl (C=O) groups excluding carboxylic acids is 1. The fourth-order valence-electron chi connectivity index (χ4n) is 2.66. The third kappa shape index (κ3) is 5.00. The lowest BCUT2D eigenvalue weighted by atomic mass is 9.99. The molecule has 5 nitrogen and oxygen atoms in total. The SMILES string of the molecule is C[C@@H](Cc1ccc(F)c(Br)c1)C(=O)N1CCO[C@H](CC(=O)O)C1. The van der Waals surface area contributed by atoms with Crippen LogP contribution in [0, 0.1) is 11.7 Å². The zero-order valence-electron chi connectivity index (χ0n) is 12.8. The van der Waals surface area contributed by atoms with Crippen molar-refractivity contribution >= 4 is 27.8 Å². The van der Waals surface area contributed by atoms with Crippen molar-refractivity contribution in [3.63, 3.8) is 0 Å². The molecule has 23 heavy (non-hydrogen) atoms. The number of carboxylic acids is 1. The summed E-state index contributed by atoms with van der Waals surface area (Å²) in [4.78, 5) is 24.9. The molecule has 0 aromatic heterocycles. The number of halogens is 2. The maximum Gasteiger partial charge on any atom is 0.306 e. The van der Waals surface area contributed by atoms with Crippen LogP contribution in [0.1, 0.15) is 18.9 Å². The molecular formula is C16H19BrFNO4. The molecule has 0 bridgehead atoms. The zero-order chi connectivity index (χ0) is 17.0. The fourth-order valence-corrected chi connectivity index (χ4v) is 3.08. The van der Waals surface area contributed by atoms with Gasteiger partial charge in [-0.05, 0) is 40.0 Å². The van der Waals surface area contributed by atoms with Gasteiger partial charge in [-0.3, -0.25) is 9.59 Å². The first-order valence-electron chi connectivity index (χ1n) is 7.43. The molecule has 1 N–H and O–H groups in total. The van der Waals surface area contributed by atoms with E-state index in [1.54, 1.807) is 17.0 Å². The number of nitrogens with zero attached hydrogens (tertiary/aromatic N) is 1. The van der Waals surface area contributed by atoms with Crippen molar-refractivity contribution in [2.24, 2.45) is 5.92 Å². The minimum Gasteiger partial charge on any atom is -0.481 e. The molecule has 1 aliphatic heterocycles. The Hall–Kier alpha value is -1.47. The van der Waals surface area contributed by atoms with Gasteiger partial charge >= 0.3 is 5.97 Å². The van der Waals surface area contributed by atoms with Crippen molar-refractivity contribution in [2.45, 2.75) is 25.9 Å². The molecule has 2 rings (SSSR count). The summed E-state index contributed by atoms with van der Waals surface area (Å²) in [5.74, 6) is -1.58. The zero-order valence-corrected chi connectivity index (χ0v) is 14.4. The Bertz CT molecular complexity index is 595. The van der Waals surface area contributed by atoms with E-state index >= 15 is 0 Å². The first-order valence-corrected chi connectivity index (χ1v) is 8.22. The van der Waals surface area contributed by atoms with Gasteiger partial charge in [0, 0.05) is 19.0 Å². The van der Waals surface area contributed by atoms with Crippen LogP contribution in [0.2, 0.25) is 0 Å². The number of carboxylic acid groups (broad SMARTS) is 1. The molecule has 1 saturated heterocycles. The number of benzene rings is 1. The maximum absolute atomic E-state index is 13.2. The Kier molecular flexibility index (Phi) is 6.12. The second-order valence-electron chi connectivity index (χ2n) is 5.73. The number of aliphatic carboxylic acids is 1. The van der Waals surface area contributed by atoms with E-state index in [1.165, 1.54) is 6.07 Å². The largest absolute Gasteiger partial charge is 0.481 e. The Morgan fingerprint density at radius 1 is 1.52 bits per heavy atom. The highest BCUT2D eigenvalue weighted by Crippen LogP contribution is 2.20. The summed E-state index contributed by atoms with van der Waals surface area (Å²) in [7, 11) is 0. The molecule has 7 heteroatoms. The molecule has 1 amide bonds. The van der Waals surface area contributed by atoms with E-state index < -0.39 is 12.1 Å². The van der Waals surface area contributed by atoms with Crippen molar-refractivity contribution in [2.75, 3.05) is 19.7 Å². The van der Waals surface area contributed by atoms with Crippen molar-refractivity contribution in [3.05, 3.63) is 34.1 Å². The Labute approximate surface area is 142 Å². The summed E-state index contributed by atoms with van der Waals surface area (Å²) in [6.07, 6.45) is -0.0702. The van der Waals surface area contributed by atoms with Crippen LogP contribution in [0.5, 0.6) is 0 Å². The van der Waals surface area contributed by atoms with Gasteiger partial charge in [-0.2, -0.15) is 0 Å². The van der Waals surface area contributed by atoms with Crippen LogP contribution in [0.15, 0.2) is 22.7 Å². The number of ether oxygens (including phenoxy) is 1. The highest BCUT2D eigenvalue weighted by atomic mass is 79.9. The minimum atomic E-state index is -0.937.